The lowest BCUT2D eigenvalue weighted by Crippen LogP contribution is -2.34. The minimum atomic E-state index is -0.799. The molecule has 0 bridgehead atoms. The molecule has 2 amide bonds. The summed E-state index contributed by atoms with van der Waals surface area (Å²) in [6.07, 6.45) is 2.79. The van der Waals surface area contributed by atoms with E-state index in [1.54, 1.807) is 6.07 Å². The van der Waals surface area contributed by atoms with Crippen LogP contribution in [0.3, 0.4) is 0 Å². The first kappa shape index (κ1) is 25.2. The molecule has 1 aliphatic rings. The molecule has 3 N–H and O–H groups in total. The van der Waals surface area contributed by atoms with Gasteiger partial charge in [-0.05, 0) is 72.7 Å². The topological polar surface area (TPSA) is 105 Å². The average molecular weight is 493 g/mol. The fraction of sp³-hybridized carbons (Fsp3) is 0.321. The molecule has 8 heteroatoms. The SMILES string of the molecule is O=C(O)CC1CCC(Oc2ccc(C(=O)NCCNC(=O)c3ccc4ccccc4c3)cc2F)CC1. The van der Waals surface area contributed by atoms with Gasteiger partial charge in [0.05, 0.1) is 6.10 Å². The van der Waals surface area contributed by atoms with Gasteiger partial charge < -0.3 is 20.5 Å². The van der Waals surface area contributed by atoms with Crippen LogP contribution in [0.2, 0.25) is 0 Å². The molecule has 0 saturated heterocycles. The second kappa shape index (κ2) is 11.7. The highest BCUT2D eigenvalue weighted by atomic mass is 19.1. The number of carboxylic acids is 1. The zero-order valence-corrected chi connectivity index (χ0v) is 19.8. The molecule has 0 radical (unpaired) electrons. The number of hydrogen-bond acceptors (Lipinski definition) is 4. The van der Waals surface area contributed by atoms with Crippen LogP contribution in [-0.2, 0) is 4.79 Å². The van der Waals surface area contributed by atoms with Crippen LogP contribution >= 0.6 is 0 Å². The van der Waals surface area contributed by atoms with Crippen molar-refractivity contribution in [1.29, 1.82) is 0 Å². The minimum absolute atomic E-state index is 0.0795. The number of amides is 2. The maximum atomic E-state index is 14.6. The smallest absolute Gasteiger partial charge is 0.303 e. The first-order valence-electron chi connectivity index (χ1n) is 12.1. The van der Waals surface area contributed by atoms with Gasteiger partial charge in [-0.2, -0.15) is 0 Å². The number of fused-ring (bicyclic) bond motifs is 1. The second-order valence-corrected chi connectivity index (χ2v) is 9.08. The van der Waals surface area contributed by atoms with Crippen molar-refractivity contribution < 1.29 is 28.6 Å². The zero-order chi connectivity index (χ0) is 25.5. The molecule has 7 nitrogen and oxygen atoms in total. The number of aliphatic carboxylic acids is 1. The molecule has 0 atom stereocenters. The summed E-state index contributed by atoms with van der Waals surface area (Å²) in [4.78, 5) is 35.7. The summed E-state index contributed by atoms with van der Waals surface area (Å²) in [5.74, 6) is -1.90. The Morgan fingerprint density at radius 2 is 1.44 bits per heavy atom. The molecule has 0 aromatic heterocycles. The molecule has 0 unspecified atom stereocenters. The number of hydrogen-bond donors (Lipinski definition) is 3. The van der Waals surface area contributed by atoms with E-state index in [0.717, 1.165) is 29.7 Å². The lowest BCUT2D eigenvalue weighted by atomic mass is 9.85. The highest BCUT2D eigenvalue weighted by Crippen LogP contribution is 2.30. The van der Waals surface area contributed by atoms with Gasteiger partial charge in [0.2, 0.25) is 0 Å². The summed E-state index contributed by atoms with van der Waals surface area (Å²) in [7, 11) is 0. The first-order valence-corrected chi connectivity index (χ1v) is 12.1. The fourth-order valence-electron chi connectivity index (χ4n) is 4.50. The van der Waals surface area contributed by atoms with Gasteiger partial charge in [0.25, 0.3) is 11.8 Å². The highest BCUT2D eigenvalue weighted by Gasteiger charge is 2.25. The van der Waals surface area contributed by atoms with Crippen molar-refractivity contribution >= 4 is 28.6 Å². The van der Waals surface area contributed by atoms with Crippen molar-refractivity contribution in [1.82, 2.24) is 10.6 Å². The number of halogens is 1. The minimum Gasteiger partial charge on any atom is -0.487 e. The fourth-order valence-corrected chi connectivity index (χ4v) is 4.50. The monoisotopic (exact) mass is 492 g/mol. The second-order valence-electron chi connectivity index (χ2n) is 9.08. The van der Waals surface area contributed by atoms with E-state index in [4.69, 9.17) is 9.84 Å². The van der Waals surface area contributed by atoms with Gasteiger partial charge in [0.1, 0.15) is 0 Å². The summed E-state index contributed by atoms with van der Waals surface area (Å²) in [5.41, 5.74) is 0.693. The van der Waals surface area contributed by atoms with Crippen LogP contribution in [0.25, 0.3) is 10.8 Å². The van der Waals surface area contributed by atoms with Gasteiger partial charge in [-0.25, -0.2) is 4.39 Å². The molecule has 1 fully saturated rings. The standard InChI is InChI=1S/C28H29FN2O5/c29-24-17-22(9-12-25(24)36-23-10-5-18(6-11-23)15-26(32)33)28(35)31-14-13-30-27(34)21-8-7-19-3-1-2-4-20(19)16-21/h1-4,7-9,12,16-18,23H,5-6,10-11,13-15H2,(H,30,34)(H,31,35)(H,32,33). The quantitative estimate of drug-likeness (QED) is 0.380. The van der Waals surface area contributed by atoms with Crippen molar-refractivity contribution in [2.24, 2.45) is 5.92 Å². The van der Waals surface area contributed by atoms with E-state index in [0.29, 0.717) is 18.4 Å². The Labute approximate surface area is 208 Å². The Bertz CT molecular complexity index is 1250. The molecule has 188 valence electrons. The molecule has 3 aromatic carbocycles. The molecular weight excluding hydrogens is 463 g/mol. The summed E-state index contributed by atoms with van der Waals surface area (Å²) in [6, 6.07) is 17.3. The molecule has 4 rings (SSSR count). The molecule has 1 saturated carbocycles. The van der Waals surface area contributed by atoms with Crippen LogP contribution in [0.5, 0.6) is 5.75 Å². The van der Waals surface area contributed by atoms with Crippen LogP contribution < -0.4 is 15.4 Å². The van der Waals surface area contributed by atoms with Crippen LogP contribution in [-0.4, -0.2) is 42.1 Å². The maximum Gasteiger partial charge on any atom is 0.303 e. The van der Waals surface area contributed by atoms with Crippen molar-refractivity contribution in [2.45, 2.75) is 38.2 Å². The molecule has 36 heavy (non-hydrogen) atoms. The Morgan fingerprint density at radius 3 is 2.08 bits per heavy atom. The summed E-state index contributed by atoms with van der Waals surface area (Å²) in [6.45, 7) is 0.420. The van der Waals surface area contributed by atoms with Gasteiger partial charge in [0, 0.05) is 30.6 Å². The van der Waals surface area contributed by atoms with E-state index in [9.17, 15) is 18.8 Å². The largest absolute Gasteiger partial charge is 0.487 e. The maximum absolute atomic E-state index is 14.6. The van der Waals surface area contributed by atoms with Gasteiger partial charge in [-0.1, -0.05) is 30.3 Å². The van der Waals surface area contributed by atoms with Crippen LogP contribution in [0, 0.1) is 11.7 Å². The van der Waals surface area contributed by atoms with E-state index in [2.05, 4.69) is 10.6 Å². The normalized spacial score (nSPS) is 17.4. The first-order chi connectivity index (χ1) is 17.4. The lowest BCUT2D eigenvalue weighted by molar-refractivity contribution is -0.138. The summed E-state index contributed by atoms with van der Waals surface area (Å²) < 4.78 is 20.3. The number of carbonyl (C=O) groups excluding carboxylic acids is 2. The predicted molar refractivity (Wildman–Crippen MR) is 134 cm³/mol. The van der Waals surface area contributed by atoms with Gasteiger partial charge in [-0.3, -0.25) is 14.4 Å². The van der Waals surface area contributed by atoms with Crippen LogP contribution in [0.15, 0.2) is 60.7 Å². The van der Waals surface area contributed by atoms with Gasteiger partial charge in [-0.15, -0.1) is 0 Å². The van der Waals surface area contributed by atoms with Crippen molar-refractivity contribution in [2.75, 3.05) is 13.1 Å². The van der Waals surface area contributed by atoms with E-state index < -0.39 is 17.7 Å². The zero-order valence-electron chi connectivity index (χ0n) is 19.8. The molecular formula is C28H29FN2O5. The third-order valence-corrected chi connectivity index (χ3v) is 6.45. The van der Waals surface area contributed by atoms with E-state index >= 15 is 0 Å². The van der Waals surface area contributed by atoms with E-state index in [-0.39, 0.29) is 48.8 Å². The Morgan fingerprint density at radius 1 is 0.833 bits per heavy atom. The number of ether oxygens (including phenoxy) is 1. The van der Waals surface area contributed by atoms with Crippen LogP contribution in [0.1, 0.15) is 52.8 Å². The van der Waals surface area contributed by atoms with Gasteiger partial charge >= 0.3 is 5.97 Å². The highest BCUT2D eigenvalue weighted by molar-refractivity contribution is 5.98. The van der Waals surface area contributed by atoms with Crippen molar-refractivity contribution in [3.8, 4) is 5.75 Å². The molecule has 0 aliphatic heterocycles. The lowest BCUT2D eigenvalue weighted by Gasteiger charge is -2.28. The molecule has 3 aromatic rings. The molecule has 1 aliphatic carbocycles. The number of carboxylic acid groups (broad SMARTS) is 1. The Hall–Kier alpha value is -3.94. The third kappa shape index (κ3) is 6.59. The van der Waals surface area contributed by atoms with Crippen molar-refractivity contribution in [3.63, 3.8) is 0 Å². The Balaban J connectivity index is 1.22. The number of carbonyl (C=O) groups is 3. The number of benzene rings is 3. The van der Waals surface area contributed by atoms with E-state index in [1.165, 1.54) is 12.1 Å². The molecule has 0 spiro atoms. The average Bonchev–Trinajstić information content (AvgIpc) is 2.88. The summed E-state index contributed by atoms with van der Waals surface area (Å²) in [5, 5.41) is 16.4. The summed E-state index contributed by atoms with van der Waals surface area (Å²) >= 11 is 0. The Kier molecular flexibility index (Phi) is 8.15. The number of nitrogens with one attached hydrogen (secondary N) is 2. The molecule has 0 heterocycles. The van der Waals surface area contributed by atoms with Crippen molar-refractivity contribution in [3.05, 3.63) is 77.6 Å². The van der Waals surface area contributed by atoms with Gasteiger partial charge in [0.15, 0.2) is 11.6 Å². The van der Waals surface area contributed by atoms with Crippen LogP contribution in [0.4, 0.5) is 4.39 Å². The number of rotatable bonds is 9. The van der Waals surface area contributed by atoms with E-state index in [1.807, 2.05) is 36.4 Å². The predicted octanol–water partition coefficient (Wildman–Crippen LogP) is 4.55. The third-order valence-electron chi connectivity index (χ3n) is 6.45.